The van der Waals surface area contributed by atoms with E-state index in [0.717, 1.165) is 24.0 Å². The van der Waals surface area contributed by atoms with Gasteiger partial charge in [0.25, 0.3) is 0 Å². The largest absolute Gasteiger partial charge is 0.466 e. The number of benzene rings is 1. The van der Waals surface area contributed by atoms with Crippen LogP contribution in [0.25, 0.3) is 0 Å². The third-order valence-corrected chi connectivity index (χ3v) is 5.86. The average molecular weight is 446 g/mol. The number of amides is 1. The zero-order valence-electron chi connectivity index (χ0n) is 20.6. The van der Waals surface area contributed by atoms with Crippen LogP contribution in [0.4, 0.5) is 0 Å². The first-order valence-electron chi connectivity index (χ1n) is 12.4. The second-order valence-electron chi connectivity index (χ2n) is 8.99. The molecule has 0 aromatic heterocycles. The van der Waals surface area contributed by atoms with Crippen LogP contribution in [-0.4, -0.2) is 30.3 Å². The maximum atomic E-state index is 12.5. The molecule has 180 valence electrons. The van der Waals surface area contributed by atoms with Gasteiger partial charge in [-0.3, -0.25) is 14.4 Å². The highest BCUT2D eigenvalue weighted by Crippen LogP contribution is 2.16. The van der Waals surface area contributed by atoms with Crippen molar-refractivity contribution in [2.45, 2.75) is 104 Å². The molecule has 0 saturated carbocycles. The molecule has 0 heterocycles. The minimum absolute atomic E-state index is 0.0178. The van der Waals surface area contributed by atoms with Crippen LogP contribution < -0.4 is 5.32 Å². The molecule has 0 saturated heterocycles. The number of Topliss-reactive ketones (excluding diaryl/α,β-unsaturated/α-hetero) is 1. The molecule has 0 fully saturated rings. The third kappa shape index (κ3) is 12.6. The van der Waals surface area contributed by atoms with E-state index in [9.17, 15) is 14.4 Å². The van der Waals surface area contributed by atoms with Crippen LogP contribution in [0, 0.1) is 5.92 Å². The zero-order valence-corrected chi connectivity index (χ0v) is 20.6. The Morgan fingerprint density at radius 1 is 0.875 bits per heavy atom. The maximum Gasteiger partial charge on any atom is 0.302 e. The minimum atomic E-state index is -0.326. The molecule has 0 aliphatic heterocycles. The van der Waals surface area contributed by atoms with E-state index in [4.69, 9.17) is 4.74 Å². The Labute approximate surface area is 194 Å². The summed E-state index contributed by atoms with van der Waals surface area (Å²) in [7, 11) is 0. The van der Waals surface area contributed by atoms with Crippen molar-refractivity contribution < 1.29 is 19.1 Å². The summed E-state index contributed by atoms with van der Waals surface area (Å²) in [4.78, 5) is 35.2. The van der Waals surface area contributed by atoms with Crippen molar-refractivity contribution in [3.8, 4) is 0 Å². The van der Waals surface area contributed by atoms with E-state index in [0.29, 0.717) is 12.8 Å². The summed E-state index contributed by atoms with van der Waals surface area (Å²) in [5.74, 6) is -0.261. The molecule has 32 heavy (non-hydrogen) atoms. The van der Waals surface area contributed by atoms with Gasteiger partial charge in [0, 0.05) is 37.8 Å². The molecule has 5 nitrogen and oxygen atoms in total. The van der Waals surface area contributed by atoms with E-state index in [1.165, 1.54) is 58.8 Å². The Hall–Kier alpha value is -2.17. The van der Waals surface area contributed by atoms with Crippen LogP contribution in [0.1, 0.15) is 108 Å². The summed E-state index contributed by atoms with van der Waals surface area (Å²) in [5.41, 5.74) is 1.79. The van der Waals surface area contributed by atoms with Crippen LogP contribution >= 0.6 is 0 Å². The van der Waals surface area contributed by atoms with Crippen LogP contribution in [-0.2, 0) is 20.7 Å². The number of ketones is 1. The van der Waals surface area contributed by atoms with Crippen molar-refractivity contribution in [3.05, 3.63) is 35.4 Å². The second-order valence-corrected chi connectivity index (χ2v) is 8.99. The molecule has 2 unspecified atom stereocenters. The fraction of sp³-hybridized carbons (Fsp3) is 0.667. The third-order valence-electron chi connectivity index (χ3n) is 5.86. The zero-order chi connectivity index (χ0) is 23.8. The highest BCUT2D eigenvalue weighted by Gasteiger charge is 2.20. The first-order chi connectivity index (χ1) is 15.3. The normalized spacial score (nSPS) is 12.8. The van der Waals surface area contributed by atoms with Gasteiger partial charge in [-0.25, -0.2) is 0 Å². The number of carbonyl (C=O) groups is 3. The second kappa shape index (κ2) is 16.5. The van der Waals surface area contributed by atoms with Gasteiger partial charge < -0.3 is 10.1 Å². The molecule has 0 bridgehead atoms. The Kier molecular flexibility index (Phi) is 14.3. The lowest BCUT2D eigenvalue weighted by atomic mass is 9.94. The molecular formula is C27H43NO4. The fourth-order valence-electron chi connectivity index (χ4n) is 3.84. The minimum Gasteiger partial charge on any atom is -0.466 e. The number of rotatable bonds is 17. The fourth-order valence-corrected chi connectivity index (χ4v) is 3.84. The monoisotopic (exact) mass is 445 g/mol. The molecular weight excluding hydrogens is 402 g/mol. The molecule has 0 aliphatic rings. The number of ether oxygens (including phenoxy) is 1. The number of carbonyl (C=O) groups excluding carboxylic acids is 3. The standard InChI is InChI=1S/C27H43NO4/c1-5-6-7-8-9-10-11-12-13-14-27(31)25-17-15-24(16-18-25)19-26(28-22(3)29)21(2)20-32-23(4)30/h15-18,21,26H,5-14,19-20H2,1-4H3,(H,28,29). The van der Waals surface area contributed by atoms with Gasteiger partial charge in [0.15, 0.2) is 5.78 Å². The lowest BCUT2D eigenvalue weighted by Gasteiger charge is -2.24. The number of unbranched alkanes of at least 4 members (excludes halogenated alkanes) is 8. The lowest BCUT2D eigenvalue weighted by Crippen LogP contribution is -2.41. The molecule has 5 heteroatoms. The highest BCUT2D eigenvalue weighted by molar-refractivity contribution is 5.96. The summed E-state index contributed by atoms with van der Waals surface area (Å²) in [5, 5.41) is 2.95. The van der Waals surface area contributed by atoms with E-state index in [1.807, 2.05) is 31.2 Å². The average Bonchev–Trinajstić information content (AvgIpc) is 2.75. The van der Waals surface area contributed by atoms with Crippen molar-refractivity contribution >= 4 is 17.7 Å². The van der Waals surface area contributed by atoms with E-state index < -0.39 is 0 Å². The van der Waals surface area contributed by atoms with Crippen molar-refractivity contribution in [2.24, 2.45) is 5.92 Å². The number of hydrogen-bond donors (Lipinski definition) is 1. The number of esters is 1. The van der Waals surface area contributed by atoms with Gasteiger partial charge in [0.1, 0.15) is 0 Å². The van der Waals surface area contributed by atoms with E-state index in [-0.39, 0.29) is 36.2 Å². The van der Waals surface area contributed by atoms with Crippen LogP contribution in [0.5, 0.6) is 0 Å². The molecule has 1 aromatic rings. The van der Waals surface area contributed by atoms with E-state index >= 15 is 0 Å². The van der Waals surface area contributed by atoms with Gasteiger partial charge in [0.2, 0.25) is 5.91 Å². The molecule has 0 radical (unpaired) electrons. The summed E-state index contributed by atoms with van der Waals surface area (Å²) in [6.45, 7) is 7.31. The Morgan fingerprint density at radius 2 is 1.44 bits per heavy atom. The molecule has 1 N–H and O–H groups in total. The van der Waals surface area contributed by atoms with Crippen LogP contribution in [0.2, 0.25) is 0 Å². The molecule has 1 aromatic carbocycles. The van der Waals surface area contributed by atoms with E-state index in [1.54, 1.807) is 0 Å². The SMILES string of the molecule is CCCCCCCCCCCC(=O)c1ccc(CC(NC(C)=O)C(C)COC(C)=O)cc1. The van der Waals surface area contributed by atoms with Gasteiger partial charge in [0.05, 0.1) is 6.61 Å². The summed E-state index contributed by atoms with van der Waals surface area (Å²) in [6, 6.07) is 7.53. The molecule has 0 aliphatic carbocycles. The van der Waals surface area contributed by atoms with Gasteiger partial charge in [-0.2, -0.15) is 0 Å². The summed E-state index contributed by atoms with van der Waals surface area (Å²) < 4.78 is 5.10. The smallest absolute Gasteiger partial charge is 0.302 e. The Morgan fingerprint density at radius 3 is 1.97 bits per heavy atom. The lowest BCUT2D eigenvalue weighted by molar-refractivity contribution is -0.142. The van der Waals surface area contributed by atoms with Crippen LogP contribution in [0.3, 0.4) is 0 Å². The van der Waals surface area contributed by atoms with E-state index in [2.05, 4.69) is 12.2 Å². The van der Waals surface area contributed by atoms with Crippen molar-refractivity contribution in [1.29, 1.82) is 0 Å². The van der Waals surface area contributed by atoms with Gasteiger partial charge >= 0.3 is 5.97 Å². The number of hydrogen-bond acceptors (Lipinski definition) is 4. The number of nitrogens with one attached hydrogen (secondary N) is 1. The summed E-state index contributed by atoms with van der Waals surface area (Å²) in [6.07, 6.45) is 12.4. The Bertz CT molecular complexity index is 683. The first kappa shape index (κ1) is 27.9. The van der Waals surface area contributed by atoms with Crippen LogP contribution in [0.15, 0.2) is 24.3 Å². The molecule has 0 spiro atoms. The van der Waals surface area contributed by atoms with Crippen molar-refractivity contribution in [1.82, 2.24) is 5.32 Å². The van der Waals surface area contributed by atoms with Gasteiger partial charge in [-0.15, -0.1) is 0 Å². The quantitative estimate of drug-likeness (QED) is 0.180. The topological polar surface area (TPSA) is 72.5 Å². The summed E-state index contributed by atoms with van der Waals surface area (Å²) >= 11 is 0. The highest BCUT2D eigenvalue weighted by atomic mass is 16.5. The van der Waals surface area contributed by atoms with Crippen molar-refractivity contribution in [3.63, 3.8) is 0 Å². The van der Waals surface area contributed by atoms with Crippen molar-refractivity contribution in [2.75, 3.05) is 6.61 Å². The molecule has 2 atom stereocenters. The Balaban J connectivity index is 2.43. The maximum absolute atomic E-state index is 12.5. The predicted octanol–water partition coefficient (Wildman–Crippen LogP) is 6.04. The van der Waals surface area contributed by atoms with Gasteiger partial charge in [-0.05, 0) is 18.4 Å². The first-order valence-corrected chi connectivity index (χ1v) is 12.4. The molecule has 1 rings (SSSR count). The predicted molar refractivity (Wildman–Crippen MR) is 130 cm³/mol. The van der Waals surface area contributed by atoms with Gasteiger partial charge in [-0.1, -0.05) is 89.5 Å². The molecule has 1 amide bonds.